The van der Waals surface area contributed by atoms with Crippen molar-refractivity contribution in [2.75, 3.05) is 17.7 Å². The molecule has 13 heavy (non-hydrogen) atoms. The molecule has 1 aromatic carbocycles. The molecule has 0 aliphatic heterocycles. The second-order valence-corrected chi connectivity index (χ2v) is 3.75. The van der Waals surface area contributed by atoms with Crippen molar-refractivity contribution in [3.8, 4) is 0 Å². The van der Waals surface area contributed by atoms with Crippen LogP contribution in [0.5, 0.6) is 0 Å². The minimum absolute atomic E-state index is 0.713. The van der Waals surface area contributed by atoms with Gasteiger partial charge in [-0.05, 0) is 31.4 Å². The van der Waals surface area contributed by atoms with Crippen LogP contribution in [0.4, 0.5) is 11.4 Å². The maximum atomic E-state index is 5.90. The second-order valence-electron chi connectivity index (χ2n) is 3.75. The molecule has 0 amide bonds. The van der Waals surface area contributed by atoms with Gasteiger partial charge in [0.2, 0.25) is 0 Å². The molecular formula is C11H16N2. The third-order valence-corrected chi connectivity index (χ3v) is 2.94. The van der Waals surface area contributed by atoms with Crippen LogP contribution in [0, 0.1) is 0 Å². The zero-order valence-corrected chi connectivity index (χ0v) is 8.03. The van der Waals surface area contributed by atoms with Gasteiger partial charge < -0.3 is 10.6 Å². The van der Waals surface area contributed by atoms with Crippen molar-refractivity contribution >= 4 is 11.4 Å². The fourth-order valence-electron chi connectivity index (χ4n) is 1.78. The van der Waals surface area contributed by atoms with Gasteiger partial charge in [0.05, 0.1) is 11.4 Å². The Kier molecular flexibility index (Phi) is 2.13. The summed E-state index contributed by atoms with van der Waals surface area (Å²) in [6.07, 6.45) is 3.98. The lowest BCUT2D eigenvalue weighted by atomic mass is 9.91. The van der Waals surface area contributed by atoms with Crippen molar-refractivity contribution in [1.82, 2.24) is 0 Å². The number of nitrogens with zero attached hydrogens (tertiary/aromatic N) is 1. The molecule has 2 nitrogen and oxygen atoms in total. The molecule has 2 rings (SSSR count). The van der Waals surface area contributed by atoms with Gasteiger partial charge in [0.1, 0.15) is 0 Å². The van der Waals surface area contributed by atoms with E-state index >= 15 is 0 Å². The van der Waals surface area contributed by atoms with E-state index in [9.17, 15) is 0 Å². The van der Waals surface area contributed by atoms with Crippen LogP contribution in [0.15, 0.2) is 24.3 Å². The maximum absolute atomic E-state index is 5.90. The fraction of sp³-hybridized carbons (Fsp3) is 0.455. The van der Waals surface area contributed by atoms with E-state index in [-0.39, 0.29) is 0 Å². The molecule has 70 valence electrons. The van der Waals surface area contributed by atoms with Crippen LogP contribution in [0.1, 0.15) is 19.3 Å². The Balaban J connectivity index is 2.18. The first-order valence-corrected chi connectivity index (χ1v) is 4.86. The van der Waals surface area contributed by atoms with Crippen LogP contribution < -0.4 is 10.6 Å². The van der Waals surface area contributed by atoms with Crippen LogP contribution in [-0.2, 0) is 0 Å². The SMILES string of the molecule is CN(c1ccccc1N)C1CCC1. The third kappa shape index (κ3) is 1.48. The molecule has 0 saturated heterocycles. The zero-order valence-electron chi connectivity index (χ0n) is 8.03. The molecule has 1 saturated carbocycles. The first-order valence-electron chi connectivity index (χ1n) is 4.86. The standard InChI is InChI=1S/C11H16N2/c1-13(9-5-4-6-9)11-8-3-2-7-10(11)12/h2-3,7-9H,4-6,12H2,1H3. The molecule has 0 aromatic heterocycles. The predicted molar refractivity (Wildman–Crippen MR) is 56.9 cm³/mol. The third-order valence-electron chi connectivity index (χ3n) is 2.94. The fourth-order valence-corrected chi connectivity index (χ4v) is 1.78. The molecule has 1 aliphatic rings. The molecule has 2 heteroatoms. The van der Waals surface area contributed by atoms with Gasteiger partial charge in [-0.15, -0.1) is 0 Å². The summed E-state index contributed by atoms with van der Waals surface area (Å²) in [5.74, 6) is 0. The number of nitrogen functional groups attached to an aromatic ring is 1. The van der Waals surface area contributed by atoms with Crippen LogP contribution in [-0.4, -0.2) is 13.1 Å². The highest BCUT2D eigenvalue weighted by Gasteiger charge is 2.22. The summed E-state index contributed by atoms with van der Waals surface area (Å²) in [5, 5.41) is 0. The number of hydrogen-bond acceptors (Lipinski definition) is 2. The Hall–Kier alpha value is -1.18. The summed E-state index contributed by atoms with van der Waals surface area (Å²) in [6.45, 7) is 0. The van der Waals surface area contributed by atoms with Crippen molar-refractivity contribution in [1.29, 1.82) is 0 Å². The highest BCUT2D eigenvalue weighted by atomic mass is 15.1. The summed E-state index contributed by atoms with van der Waals surface area (Å²) < 4.78 is 0. The zero-order chi connectivity index (χ0) is 9.26. The highest BCUT2D eigenvalue weighted by Crippen LogP contribution is 2.30. The molecule has 0 spiro atoms. The van der Waals surface area contributed by atoms with Gasteiger partial charge in [-0.2, -0.15) is 0 Å². The van der Waals surface area contributed by atoms with E-state index in [4.69, 9.17) is 5.73 Å². The van der Waals surface area contributed by atoms with Crippen molar-refractivity contribution in [3.63, 3.8) is 0 Å². The van der Waals surface area contributed by atoms with Crippen molar-refractivity contribution in [2.24, 2.45) is 0 Å². The van der Waals surface area contributed by atoms with Gasteiger partial charge in [0.25, 0.3) is 0 Å². The molecular weight excluding hydrogens is 160 g/mol. The van der Waals surface area contributed by atoms with E-state index < -0.39 is 0 Å². The Bertz CT molecular complexity index is 292. The lowest BCUT2D eigenvalue weighted by Crippen LogP contribution is -2.37. The normalized spacial score (nSPS) is 16.7. The minimum Gasteiger partial charge on any atom is -0.397 e. The van der Waals surface area contributed by atoms with Gasteiger partial charge in [-0.1, -0.05) is 12.1 Å². The summed E-state index contributed by atoms with van der Waals surface area (Å²) in [7, 11) is 2.13. The van der Waals surface area contributed by atoms with Gasteiger partial charge in [-0.25, -0.2) is 0 Å². The molecule has 0 bridgehead atoms. The molecule has 1 fully saturated rings. The monoisotopic (exact) mass is 176 g/mol. The Labute approximate surface area is 79.4 Å². The highest BCUT2D eigenvalue weighted by molar-refractivity contribution is 5.67. The molecule has 1 aromatic rings. The predicted octanol–water partition coefficient (Wildman–Crippen LogP) is 2.26. The Morgan fingerprint density at radius 1 is 1.31 bits per heavy atom. The van der Waals surface area contributed by atoms with Crippen LogP contribution in [0.3, 0.4) is 0 Å². The molecule has 0 heterocycles. The lowest BCUT2D eigenvalue weighted by molar-refractivity contribution is 0.401. The Morgan fingerprint density at radius 3 is 2.54 bits per heavy atom. The van der Waals surface area contributed by atoms with E-state index in [1.807, 2.05) is 18.2 Å². The molecule has 0 radical (unpaired) electrons. The number of rotatable bonds is 2. The first-order chi connectivity index (χ1) is 6.29. The van der Waals surface area contributed by atoms with Crippen molar-refractivity contribution < 1.29 is 0 Å². The van der Waals surface area contributed by atoms with E-state index in [0.29, 0.717) is 6.04 Å². The molecule has 2 N–H and O–H groups in total. The van der Waals surface area contributed by atoms with E-state index in [2.05, 4.69) is 18.0 Å². The van der Waals surface area contributed by atoms with Gasteiger partial charge >= 0.3 is 0 Å². The molecule has 0 unspecified atom stereocenters. The Morgan fingerprint density at radius 2 is 2.00 bits per heavy atom. The topological polar surface area (TPSA) is 29.3 Å². The van der Waals surface area contributed by atoms with E-state index in [1.165, 1.54) is 24.9 Å². The number of nitrogens with two attached hydrogens (primary N) is 1. The quantitative estimate of drug-likeness (QED) is 0.700. The summed E-state index contributed by atoms with van der Waals surface area (Å²) >= 11 is 0. The largest absolute Gasteiger partial charge is 0.397 e. The first kappa shape index (κ1) is 8.42. The number of benzene rings is 1. The summed E-state index contributed by atoms with van der Waals surface area (Å²) in [6, 6.07) is 8.79. The van der Waals surface area contributed by atoms with Gasteiger partial charge in [0, 0.05) is 13.1 Å². The van der Waals surface area contributed by atoms with Crippen molar-refractivity contribution in [3.05, 3.63) is 24.3 Å². The smallest absolute Gasteiger partial charge is 0.0599 e. The minimum atomic E-state index is 0.713. The number of anilines is 2. The van der Waals surface area contributed by atoms with Gasteiger partial charge in [-0.3, -0.25) is 0 Å². The second kappa shape index (κ2) is 3.29. The summed E-state index contributed by atoms with van der Waals surface area (Å²) in [5.41, 5.74) is 7.96. The van der Waals surface area contributed by atoms with Crippen LogP contribution in [0.2, 0.25) is 0 Å². The average Bonchev–Trinajstić information content (AvgIpc) is 2.01. The number of hydrogen-bond donors (Lipinski definition) is 1. The van der Waals surface area contributed by atoms with E-state index in [1.54, 1.807) is 0 Å². The van der Waals surface area contributed by atoms with Crippen LogP contribution in [0.25, 0.3) is 0 Å². The summed E-state index contributed by atoms with van der Waals surface area (Å²) in [4.78, 5) is 2.30. The maximum Gasteiger partial charge on any atom is 0.0599 e. The molecule has 1 aliphatic carbocycles. The van der Waals surface area contributed by atoms with Crippen LogP contribution >= 0.6 is 0 Å². The number of para-hydroxylation sites is 2. The van der Waals surface area contributed by atoms with Gasteiger partial charge in [0.15, 0.2) is 0 Å². The van der Waals surface area contributed by atoms with E-state index in [0.717, 1.165) is 5.69 Å². The lowest BCUT2D eigenvalue weighted by Gasteiger charge is -2.36. The molecule has 0 atom stereocenters. The van der Waals surface area contributed by atoms with Crippen molar-refractivity contribution in [2.45, 2.75) is 25.3 Å². The average molecular weight is 176 g/mol.